The molecule has 0 atom stereocenters. The molecule has 1 saturated carbocycles. The molecule has 13 heavy (non-hydrogen) atoms. The molecule has 1 fully saturated rings. The van der Waals surface area contributed by atoms with Crippen LogP contribution in [0.3, 0.4) is 0 Å². The lowest BCUT2D eigenvalue weighted by atomic mass is 9.98. The summed E-state index contributed by atoms with van der Waals surface area (Å²) in [7, 11) is 0. The summed E-state index contributed by atoms with van der Waals surface area (Å²) in [4.78, 5) is 10.7. The lowest BCUT2D eigenvalue weighted by Gasteiger charge is -2.21. The molecule has 0 aromatic heterocycles. The van der Waals surface area contributed by atoms with Gasteiger partial charge < -0.3 is 4.74 Å². The Labute approximate surface area is 75.6 Å². The van der Waals surface area contributed by atoms with Crippen molar-refractivity contribution in [3.8, 4) is 0 Å². The van der Waals surface area contributed by atoms with Gasteiger partial charge in [0.15, 0.2) is 0 Å². The van der Waals surface area contributed by atoms with E-state index >= 15 is 0 Å². The van der Waals surface area contributed by atoms with Crippen LogP contribution in [0.15, 0.2) is 12.2 Å². The van der Waals surface area contributed by atoms with Gasteiger partial charge in [0, 0.05) is 0 Å². The topological polar surface area (TPSA) is 26.3 Å². The highest BCUT2D eigenvalue weighted by molar-refractivity contribution is 5.85. The van der Waals surface area contributed by atoms with Crippen LogP contribution in [0.2, 0.25) is 0 Å². The first-order valence-corrected chi connectivity index (χ1v) is 4.41. The minimum Gasteiger partial charge on any atom is -0.457 e. The molecule has 0 unspecified atom stereocenters. The van der Waals surface area contributed by atoms with Crippen molar-refractivity contribution in [2.45, 2.75) is 38.2 Å². The van der Waals surface area contributed by atoms with Crippen molar-refractivity contribution >= 4 is 5.97 Å². The van der Waals surface area contributed by atoms with Crippen LogP contribution < -0.4 is 0 Å². The molecule has 0 N–H and O–H groups in total. The standard InChI is InChI=1S/C9H12F2O2/c10-6-8(11)9(12)13-7-4-2-1-3-5-7/h6-7H,1-5H2. The number of hydrogen-bond donors (Lipinski definition) is 0. The molecule has 1 aliphatic rings. The van der Waals surface area contributed by atoms with E-state index in [0.29, 0.717) is 0 Å². The minimum absolute atomic E-state index is 0.230. The zero-order valence-corrected chi connectivity index (χ0v) is 7.26. The van der Waals surface area contributed by atoms with Gasteiger partial charge in [-0.15, -0.1) is 0 Å². The number of ether oxygens (including phenoxy) is 1. The predicted octanol–water partition coefficient (Wildman–Crippen LogP) is 2.64. The molecule has 74 valence electrons. The molecule has 0 aliphatic heterocycles. The Hall–Kier alpha value is -0.930. The quantitative estimate of drug-likeness (QED) is 0.494. The predicted molar refractivity (Wildman–Crippen MR) is 43.3 cm³/mol. The third kappa shape index (κ3) is 3.13. The minimum atomic E-state index is -1.45. The molecule has 0 amide bonds. The van der Waals surface area contributed by atoms with E-state index in [9.17, 15) is 13.6 Å². The van der Waals surface area contributed by atoms with Gasteiger partial charge in [-0.3, -0.25) is 0 Å². The fraction of sp³-hybridized carbons (Fsp3) is 0.667. The maximum absolute atomic E-state index is 12.3. The van der Waals surface area contributed by atoms with Crippen molar-refractivity contribution < 1.29 is 18.3 Å². The van der Waals surface area contributed by atoms with E-state index in [1.165, 1.54) is 0 Å². The second-order valence-electron chi connectivity index (χ2n) is 3.12. The van der Waals surface area contributed by atoms with Crippen LogP contribution in [-0.2, 0) is 9.53 Å². The molecular formula is C9H12F2O2. The van der Waals surface area contributed by atoms with Crippen molar-refractivity contribution in [1.29, 1.82) is 0 Å². The van der Waals surface area contributed by atoms with Gasteiger partial charge in [0.05, 0.1) is 0 Å². The lowest BCUT2D eigenvalue weighted by Crippen LogP contribution is -2.20. The van der Waals surface area contributed by atoms with Gasteiger partial charge in [0.2, 0.25) is 5.83 Å². The molecular weight excluding hydrogens is 178 g/mol. The Balaban J connectivity index is 2.34. The summed E-state index contributed by atoms with van der Waals surface area (Å²) in [6.45, 7) is 0. The lowest BCUT2D eigenvalue weighted by molar-refractivity contribution is -0.147. The van der Waals surface area contributed by atoms with E-state index in [1.54, 1.807) is 0 Å². The van der Waals surface area contributed by atoms with Gasteiger partial charge in [-0.1, -0.05) is 6.42 Å². The zero-order valence-electron chi connectivity index (χ0n) is 7.26. The van der Waals surface area contributed by atoms with Gasteiger partial charge in [0.25, 0.3) is 0 Å². The molecule has 0 heterocycles. The Morgan fingerprint density at radius 1 is 1.31 bits per heavy atom. The Kier molecular flexibility index (Phi) is 3.86. The first-order chi connectivity index (χ1) is 6.24. The summed E-state index contributed by atoms with van der Waals surface area (Å²) < 4.78 is 28.6. The third-order valence-electron chi connectivity index (χ3n) is 2.12. The van der Waals surface area contributed by atoms with Crippen molar-refractivity contribution in [3.05, 3.63) is 12.2 Å². The second-order valence-corrected chi connectivity index (χ2v) is 3.12. The molecule has 1 aliphatic carbocycles. The molecule has 0 bridgehead atoms. The van der Waals surface area contributed by atoms with Crippen LogP contribution in [0.25, 0.3) is 0 Å². The van der Waals surface area contributed by atoms with E-state index in [4.69, 9.17) is 4.74 Å². The Morgan fingerprint density at radius 3 is 2.46 bits per heavy atom. The van der Waals surface area contributed by atoms with Gasteiger partial charge in [-0.05, 0) is 25.7 Å². The maximum atomic E-state index is 12.3. The van der Waals surface area contributed by atoms with Crippen LogP contribution in [0.4, 0.5) is 8.78 Å². The van der Waals surface area contributed by atoms with Gasteiger partial charge in [-0.25, -0.2) is 9.18 Å². The van der Waals surface area contributed by atoms with Crippen molar-refractivity contribution in [2.24, 2.45) is 0 Å². The zero-order chi connectivity index (χ0) is 9.68. The van der Waals surface area contributed by atoms with Crippen LogP contribution in [0.1, 0.15) is 32.1 Å². The number of hydrogen-bond acceptors (Lipinski definition) is 2. The van der Waals surface area contributed by atoms with Gasteiger partial charge >= 0.3 is 5.97 Å². The molecule has 0 radical (unpaired) electrons. The van der Waals surface area contributed by atoms with Crippen molar-refractivity contribution in [1.82, 2.24) is 0 Å². The summed E-state index contributed by atoms with van der Waals surface area (Å²) >= 11 is 0. The molecule has 2 nitrogen and oxygen atoms in total. The number of carbonyl (C=O) groups excluding carboxylic acids is 1. The average molecular weight is 190 g/mol. The highest BCUT2D eigenvalue weighted by Crippen LogP contribution is 2.21. The van der Waals surface area contributed by atoms with Crippen LogP contribution in [0, 0.1) is 0 Å². The third-order valence-corrected chi connectivity index (χ3v) is 2.12. The van der Waals surface area contributed by atoms with Crippen molar-refractivity contribution in [2.75, 3.05) is 0 Å². The summed E-state index contributed by atoms with van der Waals surface area (Å²) in [5.74, 6) is -2.64. The van der Waals surface area contributed by atoms with E-state index in [2.05, 4.69) is 0 Å². The summed E-state index contributed by atoms with van der Waals surface area (Å²) in [6.07, 6.45) is 4.00. The van der Waals surface area contributed by atoms with Crippen LogP contribution >= 0.6 is 0 Å². The largest absolute Gasteiger partial charge is 0.457 e. The summed E-state index contributed by atoms with van der Waals surface area (Å²) in [5, 5.41) is 0. The van der Waals surface area contributed by atoms with E-state index in [1.807, 2.05) is 0 Å². The fourth-order valence-electron chi connectivity index (χ4n) is 1.44. The summed E-state index contributed by atoms with van der Waals surface area (Å²) in [6, 6.07) is 0. The van der Waals surface area contributed by atoms with Crippen molar-refractivity contribution in [3.63, 3.8) is 0 Å². The number of esters is 1. The Morgan fingerprint density at radius 2 is 1.92 bits per heavy atom. The number of rotatable bonds is 2. The van der Waals surface area contributed by atoms with Crippen LogP contribution in [-0.4, -0.2) is 12.1 Å². The van der Waals surface area contributed by atoms with Gasteiger partial charge in [-0.2, -0.15) is 4.39 Å². The summed E-state index contributed by atoms with van der Waals surface area (Å²) in [5.41, 5.74) is 0. The fourth-order valence-corrected chi connectivity index (χ4v) is 1.44. The smallest absolute Gasteiger partial charge is 0.369 e. The average Bonchev–Trinajstić information content (AvgIpc) is 2.18. The molecule has 0 aromatic carbocycles. The molecule has 0 saturated heterocycles. The monoisotopic (exact) mass is 190 g/mol. The SMILES string of the molecule is O=C(OC1CCCCC1)C(F)=CF. The maximum Gasteiger partial charge on any atom is 0.369 e. The number of carbonyl (C=O) groups is 1. The number of halogens is 2. The first-order valence-electron chi connectivity index (χ1n) is 4.41. The van der Waals surface area contributed by atoms with E-state index < -0.39 is 11.8 Å². The molecule has 1 rings (SSSR count). The van der Waals surface area contributed by atoms with E-state index in [0.717, 1.165) is 32.1 Å². The molecule has 0 spiro atoms. The van der Waals surface area contributed by atoms with Gasteiger partial charge in [0.1, 0.15) is 12.4 Å². The highest BCUT2D eigenvalue weighted by Gasteiger charge is 2.20. The first kappa shape index (κ1) is 10.2. The Bertz CT molecular complexity index is 208. The molecule has 0 aromatic rings. The van der Waals surface area contributed by atoms with E-state index in [-0.39, 0.29) is 12.4 Å². The highest BCUT2D eigenvalue weighted by atomic mass is 19.2. The normalized spacial score (nSPS) is 20.0. The molecule has 4 heteroatoms. The van der Waals surface area contributed by atoms with Crippen LogP contribution in [0.5, 0.6) is 0 Å². The second kappa shape index (κ2) is 4.94.